The van der Waals surface area contributed by atoms with E-state index in [4.69, 9.17) is 4.74 Å². The summed E-state index contributed by atoms with van der Waals surface area (Å²) in [5.41, 5.74) is 1.65. The summed E-state index contributed by atoms with van der Waals surface area (Å²) in [6, 6.07) is 0. The first kappa shape index (κ1) is 11.7. The summed E-state index contributed by atoms with van der Waals surface area (Å²) in [7, 11) is 0. The van der Waals surface area contributed by atoms with Crippen molar-refractivity contribution in [1.29, 1.82) is 0 Å². The van der Waals surface area contributed by atoms with Crippen LogP contribution in [0.15, 0.2) is 23.8 Å². The van der Waals surface area contributed by atoms with Crippen molar-refractivity contribution in [1.82, 2.24) is 0 Å². The average molecular weight is 208 g/mol. The van der Waals surface area contributed by atoms with E-state index < -0.39 is 0 Å². The van der Waals surface area contributed by atoms with Gasteiger partial charge in [-0.3, -0.25) is 9.59 Å². The Balaban J connectivity index is 2.49. The number of carbonyl (C=O) groups excluding carboxylic acids is 2. The van der Waals surface area contributed by atoms with Crippen molar-refractivity contribution in [2.45, 2.75) is 26.7 Å². The lowest BCUT2D eigenvalue weighted by Crippen LogP contribution is -2.18. The van der Waals surface area contributed by atoms with Crippen LogP contribution in [0.5, 0.6) is 0 Å². The normalized spacial score (nSPS) is 20.8. The predicted molar refractivity (Wildman–Crippen MR) is 57.3 cm³/mol. The Labute approximate surface area is 89.8 Å². The Bertz CT molecular complexity index is 326. The second-order valence-electron chi connectivity index (χ2n) is 3.89. The zero-order valence-corrected chi connectivity index (χ0v) is 9.21. The van der Waals surface area contributed by atoms with Crippen LogP contribution in [0.2, 0.25) is 0 Å². The molecule has 0 fully saturated rings. The molecule has 0 heterocycles. The summed E-state index contributed by atoms with van der Waals surface area (Å²) >= 11 is 0. The number of carbonyl (C=O) groups is 2. The highest BCUT2D eigenvalue weighted by atomic mass is 16.5. The Morgan fingerprint density at radius 1 is 1.67 bits per heavy atom. The van der Waals surface area contributed by atoms with E-state index in [0.717, 1.165) is 17.6 Å². The molecule has 0 bridgehead atoms. The molecule has 0 N–H and O–H groups in total. The molecule has 1 rings (SSSR count). The first-order valence-corrected chi connectivity index (χ1v) is 5.01. The third kappa shape index (κ3) is 3.35. The fourth-order valence-electron chi connectivity index (χ4n) is 1.52. The molecule has 0 spiro atoms. The lowest BCUT2D eigenvalue weighted by Gasteiger charge is -2.21. The lowest BCUT2D eigenvalue weighted by molar-refractivity contribution is -0.140. The van der Waals surface area contributed by atoms with Crippen LogP contribution >= 0.6 is 0 Å². The fourth-order valence-corrected chi connectivity index (χ4v) is 1.52. The van der Waals surface area contributed by atoms with E-state index in [1.54, 1.807) is 0 Å². The third-order valence-electron chi connectivity index (χ3n) is 2.62. The predicted octanol–water partition coefficient (Wildman–Crippen LogP) is 2.03. The molecular weight excluding hydrogens is 192 g/mol. The van der Waals surface area contributed by atoms with Gasteiger partial charge < -0.3 is 4.74 Å². The van der Waals surface area contributed by atoms with Gasteiger partial charge in [0.1, 0.15) is 6.61 Å². The lowest BCUT2D eigenvalue weighted by atomic mass is 9.85. The van der Waals surface area contributed by atoms with Gasteiger partial charge in [-0.1, -0.05) is 12.7 Å². The van der Waals surface area contributed by atoms with E-state index in [1.807, 2.05) is 13.0 Å². The molecule has 1 atom stereocenters. The average Bonchev–Trinajstić information content (AvgIpc) is 2.18. The van der Waals surface area contributed by atoms with Gasteiger partial charge in [0, 0.05) is 13.3 Å². The fraction of sp³-hybridized carbons (Fsp3) is 0.500. The van der Waals surface area contributed by atoms with E-state index in [1.165, 1.54) is 6.92 Å². The molecule has 0 aromatic carbocycles. The van der Waals surface area contributed by atoms with Crippen molar-refractivity contribution in [3.05, 3.63) is 23.8 Å². The SMILES string of the molecule is C=C(COC(C)=O)[C@@H]1CC=C(C)C(=O)C1. The maximum absolute atomic E-state index is 11.4. The molecule has 0 aromatic heterocycles. The third-order valence-corrected chi connectivity index (χ3v) is 2.62. The van der Waals surface area contributed by atoms with Gasteiger partial charge in [-0.05, 0) is 30.4 Å². The van der Waals surface area contributed by atoms with Crippen molar-refractivity contribution in [2.75, 3.05) is 6.61 Å². The monoisotopic (exact) mass is 208 g/mol. The maximum Gasteiger partial charge on any atom is 0.302 e. The van der Waals surface area contributed by atoms with Crippen LogP contribution in [-0.2, 0) is 14.3 Å². The second kappa shape index (κ2) is 4.91. The second-order valence-corrected chi connectivity index (χ2v) is 3.89. The van der Waals surface area contributed by atoms with E-state index >= 15 is 0 Å². The molecule has 0 saturated carbocycles. The van der Waals surface area contributed by atoms with Crippen molar-refractivity contribution in [3.63, 3.8) is 0 Å². The summed E-state index contributed by atoms with van der Waals surface area (Å²) in [6.45, 7) is 7.26. The van der Waals surface area contributed by atoms with E-state index in [0.29, 0.717) is 6.42 Å². The first-order chi connectivity index (χ1) is 7.00. The van der Waals surface area contributed by atoms with Crippen LogP contribution in [0.3, 0.4) is 0 Å². The van der Waals surface area contributed by atoms with E-state index in [-0.39, 0.29) is 24.3 Å². The van der Waals surface area contributed by atoms with Crippen LogP contribution in [0.4, 0.5) is 0 Å². The van der Waals surface area contributed by atoms with Crippen LogP contribution in [0, 0.1) is 5.92 Å². The van der Waals surface area contributed by atoms with Crippen LogP contribution in [0.25, 0.3) is 0 Å². The van der Waals surface area contributed by atoms with Gasteiger partial charge in [0.25, 0.3) is 0 Å². The highest BCUT2D eigenvalue weighted by molar-refractivity contribution is 5.95. The number of ketones is 1. The number of hydrogen-bond donors (Lipinski definition) is 0. The molecule has 15 heavy (non-hydrogen) atoms. The molecule has 82 valence electrons. The highest BCUT2D eigenvalue weighted by Gasteiger charge is 2.21. The number of rotatable bonds is 3. The minimum Gasteiger partial charge on any atom is -0.461 e. The molecule has 3 nitrogen and oxygen atoms in total. The molecule has 0 unspecified atom stereocenters. The van der Waals surface area contributed by atoms with Crippen LogP contribution < -0.4 is 0 Å². The molecule has 0 radical (unpaired) electrons. The van der Waals surface area contributed by atoms with Gasteiger partial charge in [0.05, 0.1) is 0 Å². The van der Waals surface area contributed by atoms with Crippen molar-refractivity contribution >= 4 is 11.8 Å². The van der Waals surface area contributed by atoms with Gasteiger partial charge >= 0.3 is 5.97 Å². The summed E-state index contributed by atoms with van der Waals surface area (Å²) in [6.07, 6.45) is 3.23. The number of esters is 1. The molecule has 1 aliphatic carbocycles. The van der Waals surface area contributed by atoms with Gasteiger partial charge in [-0.25, -0.2) is 0 Å². The number of ether oxygens (including phenoxy) is 1. The number of allylic oxidation sites excluding steroid dienone is 2. The van der Waals surface area contributed by atoms with Crippen molar-refractivity contribution < 1.29 is 14.3 Å². The van der Waals surface area contributed by atoms with Gasteiger partial charge in [0.15, 0.2) is 5.78 Å². The summed E-state index contributed by atoms with van der Waals surface area (Å²) in [5, 5.41) is 0. The summed E-state index contributed by atoms with van der Waals surface area (Å²) < 4.78 is 4.85. The van der Waals surface area contributed by atoms with Crippen LogP contribution in [0.1, 0.15) is 26.7 Å². The Morgan fingerprint density at radius 2 is 2.33 bits per heavy atom. The summed E-state index contributed by atoms with van der Waals surface area (Å²) in [5.74, 6) is -0.0271. The molecular formula is C12H16O3. The molecule has 0 aromatic rings. The smallest absolute Gasteiger partial charge is 0.302 e. The highest BCUT2D eigenvalue weighted by Crippen LogP contribution is 2.26. The Kier molecular flexibility index (Phi) is 3.83. The van der Waals surface area contributed by atoms with E-state index in [9.17, 15) is 9.59 Å². The van der Waals surface area contributed by atoms with Crippen molar-refractivity contribution in [3.8, 4) is 0 Å². The largest absolute Gasteiger partial charge is 0.461 e. The zero-order chi connectivity index (χ0) is 11.4. The molecule has 0 amide bonds. The molecule has 1 aliphatic rings. The Hall–Kier alpha value is -1.38. The minimum atomic E-state index is -0.315. The standard InChI is InChI=1S/C12H16O3/c1-8-4-5-11(6-12(8)14)9(2)7-15-10(3)13/h4,11H,2,5-7H2,1,3H3/t11-/m1/s1. The minimum absolute atomic E-state index is 0.126. The Morgan fingerprint density at radius 3 is 2.87 bits per heavy atom. The zero-order valence-electron chi connectivity index (χ0n) is 9.21. The van der Waals surface area contributed by atoms with Gasteiger partial charge in [-0.15, -0.1) is 0 Å². The topological polar surface area (TPSA) is 43.4 Å². The van der Waals surface area contributed by atoms with E-state index in [2.05, 4.69) is 6.58 Å². The first-order valence-electron chi connectivity index (χ1n) is 5.01. The van der Waals surface area contributed by atoms with Crippen LogP contribution in [-0.4, -0.2) is 18.4 Å². The van der Waals surface area contributed by atoms with Crippen molar-refractivity contribution in [2.24, 2.45) is 5.92 Å². The summed E-state index contributed by atoms with van der Waals surface area (Å²) in [4.78, 5) is 22.0. The van der Waals surface area contributed by atoms with Gasteiger partial charge in [-0.2, -0.15) is 0 Å². The molecule has 0 saturated heterocycles. The number of Topliss-reactive ketones (excluding diaryl/α,β-unsaturated/α-hetero) is 1. The quantitative estimate of drug-likeness (QED) is 0.526. The number of hydrogen-bond acceptors (Lipinski definition) is 3. The molecule has 0 aliphatic heterocycles. The molecule has 3 heteroatoms. The maximum atomic E-state index is 11.4. The van der Waals surface area contributed by atoms with Gasteiger partial charge in [0.2, 0.25) is 0 Å².